The summed E-state index contributed by atoms with van der Waals surface area (Å²) in [4.78, 5) is 22.5. The molecule has 1 aliphatic heterocycles. The minimum absolute atomic E-state index is 0.135. The lowest BCUT2D eigenvalue weighted by Gasteiger charge is -2.25. The predicted octanol–water partition coefficient (Wildman–Crippen LogP) is 4.88. The van der Waals surface area contributed by atoms with Gasteiger partial charge in [0.15, 0.2) is 0 Å². The Kier molecular flexibility index (Phi) is 4.25. The Labute approximate surface area is 169 Å². The Hall–Kier alpha value is -2.58. The minimum Gasteiger partial charge on any atom is -0.490 e. The number of amides is 1. The number of carbonyl (C=O) groups excluding carboxylic acids is 1. The molecule has 6 heteroatoms. The normalized spacial score (nSPS) is 28.1. The fraction of sp³-hybridized carbons (Fsp3) is 0.409. The van der Waals surface area contributed by atoms with Crippen molar-refractivity contribution in [3.63, 3.8) is 0 Å². The Morgan fingerprint density at radius 1 is 1.18 bits per heavy atom. The van der Waals surface area contributed by atoms with Gasteiger partial charge in [0.25, 0.3) is 5.91 Å². The maximum atomic E-state index is 12.7. The van der Waals surface area contributed by atoms with E-state index in [1.54, 1.807) is 18.3 Å². The zero-order chi connectivity index (χ0) is 19.3. The molecule has 2 saturated carbocycles. The van der Waals surface area contributed by atoms with E-state index < -0.39 is 0 Å². The maximum Gasteiger partial charge on any atom is 0.256 e. The number of aromatic nitrogens is 1. The van der Waals surface area contributed by atoms with Gasteiger partial charge in [0, 0.05) is 12.2 Å². The number of pyridine rings is 1. The molecule has 0 saturated heterocycles. The van der Waals surface area contributed by atoms with Crippen LogP contribution in [0.25, 0.3) is 4.85 Å². The van der Waals surface area contributed by atoms with Crippen molar-refractivity contribution in [3.05, 3.63) is 64.2 Å². The Balaban J connectivity index is 1.21. The number of rotatable bonds is 3. The molecule has 0 bridgehead atoms. The average molecular weight is 394 g/mol. The van der Waals surface area contributed by atoms with E-state index >= 15 is 0 Å². The van der Waals surface area contributed by atoms with Crippen LogP contribution < -0.4 is 4.74 Å². The van der Waals surface area contributed by atoms with Gasteiger partial charge in [-0.3, -0.25) is 9.78 Å². The molecule has 5 rings (SSSR count). The number of benzene rings is 1. The average Bonchev–Trinajstić information content (AvgIpc) is 3.34. The van der Waals surface area contributed by atoms with Crippen LogP contribution in [0.4, 0.5) is 5.69 Å². The van der Waals surface area contributed by atoms with Crippen molar-refractivity contribution in [2.24, 2.45) is 11.8 Å². The smallest absolute Gasteiger partial charge is 0.256 e. The number of carbonyl (C=O) groups is 1. The predicted molar refractivity (Wildman–Crippen MR) is 105 cm³/mol. The van der Waals surface area contributed by atoms with Crippen molar-refractivity contribution in [3.8, 4) is 5.75 Å². The molecular weight excluding hydrogens is 374 g/mol. The van der Waals surface area contributed by atoms with Crippen molar-refractivity contribution < 1.29 is 9.53 Å². The lowest BCUT2D eigenvalue weighted by molar-refractivity contribution is 0.0693. The number of fused-ring (bicyclic) bond motifs is 2. The van der Waals surface area contributed by atoms with Crippen molar-refractivity contribution >= 4 is 23.2 Å². The third-order valence-electron chi connectivity index (χ3n) is 6.43. The van der Waals surface area contributed by atoms with Gasteiger partial charge in [0.05, 0.1) is 35.5 Å². The van der Waals surface area contributed by atoms with Gasteiger partial charge in [-0.2, -0.15) is 0 Å². The molecule has 1 amide bonds. The molecular formula is C22H20ClN3O2. The standard InChI is InChI=1S/C22H20ClN3O2/c1-24-20-5-4-16(11-19(20)23)28-17-9-13-7-15(8-14(13)10-17)26-12-21-18(22(26)27)3-2-6-25-21/h2-6,11,13-15,17H,7-10,12H2. The number of hydrogen-bond acceptors (Lipinski definition) is 3. The zero-order valence-electron chi connectivity index (χ0n) is 15.3. The van der Waals surface area contributed by atoms with Crippen LogP contribution in [0.5, 0.6) is 5.75 Å². The third-order valence-corrected chi connectivity index (χ3v) is 6.74. The molecule has 2 aliphatic carbocycles. The van der Waals surface area contributed by atoms with Gasteiger partial charge in [-0.25, -0.2) is 4.85 Å². The SMILES string of the molecule is [C-]#[N+]c1ccc(OC2CC3CC(N4Cc5ncccc5C4=O)CC3C2)cc1Cl. The summed E-state index contributed by atoms with van der Waals surface area (Å²) in [5.41, 5.74) is 2.12. The summed E-state index contributed by atoms with van der Waals surface area (Å²) in [6.07, 6.45) is 6.05. The second-order valence-corrected chi connectivity index (χ2v) is 8.42. The highest BCUT2D eigenvalue weighted by atomic mass is 35.5. The van der Waals surface area contributed by atoms with Crippen molar-refractivity contribution in [2.45, 2.75) is 44.4 Å². The van der Waals surface area contributed by atoms with E-state index in [9.17, 15) is 4.79 Å². The molecule has 0 radical (unpaired) electrons. The first kappa shape index (κ1) is 17.5. The van der Waals surface area contributed by atoms with Gasteiger partial charge in [0.1, 0.15) is 5.75 Å². The minimum atomic E-state index is 0.135. The molecule has 2 aromatic rings. The number of hydrogen-bond donors (Lipinski definition) is 0. The quantitative estimate of drug-likeness (QED) is 0.698. The van der Waals surface area contributed by atoms with Gasteiger partial charge in [-0.15, -0.1) is 0 Å². The molecule has 0 N–H and O–H groups in total. The van der Waals surface area contributed by atoms with Crippen LogP contribution in [-0.2, 0) is 6.54 Å². The summed E-state index contributed by atoms with van der Waals surface area (Å²) >= 11 is 6.12. The first-order chi connectivity index (χ1) is 13.6. The van der Waals surface area contributed by atoms with Crippen molar-refractivity contribution in [1.82, 2.24) is 9.88 Å². The van der Waals surface area contributed by atoms with Crippen LogP contribution in [0.1, 0.15) is 41.7 Å². The Bertz CT molecular complexity index is 972. The van der Waals surface area contributed by atoms with Crippen LogP contribution >= 0.6 is 11.6 Å². The van der Waals surface area contributed by atoms with E-state index in [1.807, 2.05) is 23.1 Å². The largest absolute Gasteiger partial charge is 0.490 e. The second kappa shape index (κ2) is 6.79. The van der Waals surface area contributed by atoms with E-state index in [-0.39, 0.29) is 12.0 Å². The van der Waals surface area contributed by atoms with Gasteiger partial charge < -0.3 is 9.64 Å². The van der Waals surface area contributed by atoms with Crippen LogP contribution in [0, 0.1) is 18.4 Å². The molecule has 2 atom stereocenters. The Morgan fingerprint density at radius 2 is 1.96 bits per heavy atom. The summed E-state index contributed by atoms with van der Waals surface area (Å²) in [6, 6.07) is 9.30. The molecule has 2 fully saturated rings. The summed E-state index contributed by atoms with van der Waals surface area (Å²) in [5, 5.41) is 0.437. The lowest BCUT2D eigenvalue weighted by atomic mass is 10.0. The van der Waals surface area contributed by atoms with Crippen molar-refractivity contribution in [2.75, 3.05) is 0 Å². The number of nitrogens with zero attached hydrogens (tertiary/aromatic N) is 3. The molecule has 28 heavy (non-hydrogen) atoms. The van der Waals surface area contributed by atoms with E-state index in [0.29, 0.717) is 35.1 Å². The van der Waals surface area contributed by atoms with Gasteiger partial charge >= 0.3 is 0 Å². The van der Waals surface area contributed by atoms with E-state index in [1.165, 1.54) is 0 Å². The van der Waals surface area contributed by atoms with Gasteiger partial charge in [-0.05, 0) is 61.8 Å². The summed E-state index contributed by atoms with van der Waals surface area (Å²) in [6.45, 7) is 7.72. The summed E-state index contributed by atoms with van der Waals surface area (Å²) in [5.74, 6) is 2.06. The highest BCUT2D eigenvalue weighted by Gasteiger charge is 2.46. The first-order valence-corrected chi connectivity index (χ1v) is 10.1. The maximum absolute atomic E-state index is 12.7. The van der Waals surface area contributed by atoms with Crippen LogP contribution in [-0.4, -0.2) is 27.9 Å². The van der Waals surface area contributed by atoms with Crippen LogP contribution in [0.15, 0.2) is 36.5 Å². The molecule has 1 aromatic carbocycles. The first-order valence-electron chi connectivity index (χ1n) is 9.71. The molecule has 0 spiro atoms. The molecule has 2 heterocycles. The van der Waals surface area contributed by atoms with Gasteiger partial charge in [0.2, 0.25) is 5.69 Å². The zero-order valence-corrected chi connectivity index (χ0v) is 16.1. The summed E-state index contributed by atoms with van der Waals surface area (Å²) < 4.78 is 6.15. The van der Waals surface area contributed by atoms with Crippen LogP contribution in [0.2, 0.25) is 5.02 Å². The molecule has 1 aromatic heterocycles. The topological polar surface area (TPSA) is 46.8 Å². The van der Waals surface area contributed by atoms with Crippen LogP contribution in [0.3, 0.4) is 0 Å². The van der Waals surface area contributed by atoms with E-state index in [0.717, 1.165) is 42.7 Å². The molecule has 5 nitrogen and oxygen atoms in total. The summed E-state index contributed by atoms with van der Waals surface area (Å²) in [7, 11) is 0. The highest BCUT2D eigenvalue weighted by Crippen LogP contribution is 2.48. The molecule has 3 aliphatic rings. The van der Waals surface area contributed by atoms with E-state index in [2.05, 4.69) is 9.83 Å². The molecule has 2 unspecified atom stereocenters. The van der Waals surface area contributed by atoms with E-state index in [4.69, 9.17) is 22.9 Å². The van der Waals surface area contributed by atoms with Gasteiger partial charge in [-0.1, -0.05) is 17.7 Å². The third kappa shape index (κ3) is 2.93. The van der Waals surface area contributed by atoms with Crippen molar-refractivity contribution in [1.29, 1.82) is 0 Å². The fourth-order valence-corrected chi connectivity index (χ4v) is 5.38. The number of halogens is 1. The second-order valence-electron chi connectivity index (χ2n) is 8.01. The highest BCUT2D eigenvalue weighted by molar-refractivity contribution is 6.33. The molecule has 142 valence electrons. The number of ether oxygens (including phenoxy) is 1. The lowest BCUT2D eigenvalue weighted by Crippen LogP contribution is -2.34. The Morgan fingerprint density at radius 3 is 2.64 bits per heavy atom. The fourth-order valence-electron chi connectivity index (χ4n) is 5.17. The monoisotopic (exact) mass is 393 g/mol.